The number of hydrogen-bond acceptors (Lipinski definition) is 4. The maximum Gasteiger partial charge on any atom is 0.226 e. The number of aryl methyl sites for hydroxylation is 1. The van der Waals surface area contributed by atoms with Crippen LogP contribution in [-0.4, -0.2) is 18.2 Å². The number of methoxy groups -OCH3 is 1. The van der Waals surface area contributed by atoms with Crippen molar-refractivity contribution in [3.63, 3.8) is 0 Å². The number of ether oxygens (including phenoxy) is 1. The van der Waals surface area contributed by atoms with E-state index in [2.05, 4.69) is 10.5 Å². The number of hydrogen-bond donors (Lipinski definition) is 1. The van der Waals surface area contributed by atoms with E-state index < -0.39 is 0 Å². The smallest absolute Gasteiger partial charge is 0.226 e. The fourth-order valence-electron chi connectivity index (χ4n) is 2.42. The summed E-state index contributed by atoms with van der Waals surface area (Å²) in [6.07, 6.45) is 0.186. The average molecular weight is 336 g/mol. The third-order valence-electron chi connectivity index (χ3n) is 3.89. The number of aromatic nitrogens is 1. The number of carbonyl (C=O) groups is 1. The third-order valence-corrected chi connectivity index (χ3v) is 3.89. The lowest BCUT2D eigenvalue weighted by molar-refractivity contribution is -0.120. The van der Waals surface area contributed by atoms with Gasteiger partial charge in [0, 0.05) is 18.2 Å². The maximum atomic E-state index is 12.1. The fourth-order valence-corrected chi connectivity index (χ4v) is 2.42. The molecule has 0 fully saturated rings. The van der Waals surface area contributed by atoms with Crippen LogP contribution in [0.2, 0.25) is 0 Å². The quantitative estimate of drug-likeness (QED) is 0.748. The molecule has 3 aromatic rings. The molecule has 5 heteroatoms. The Balaban J connectivity index is 1.55. The molecular formula is C20H20N2O3. The zero-order valence-corrected chi connectivity index (χ0v) is 14.3. The highest BCUT2D eigenvalue weighted by Gasteiger charge is 2.10. The van der Waals surface area contributed by atoms with Gasteiger partial charge in [0.1, 0.15) is 5.75 Å². The van der Waals surface area contributed by atoms with Crippen LogP contribution < -0.4 is 10.1 Å². The minimum Gasteiger partial charge on any atom is -0.497 e. The Labute approximate surface area is 146 Å². The number of amides is 1. The lowest BCUT2D eigenvalue weighted by Gasteiger charge is -2.05. The molecular weight excluding hydrogens is 316 g/mol. The maximum absolute atomic E-state index is 12.1. The van der Waals surface area contributed by atoms with Crippen LogP contribution in [0, 0.1) is 6.92 Å². The van der Waals surface area contributed by atoms with E-state index in [9.17, 15) is 4.79 Å². The summed E-state index contributed by atoms with van der Waals surface area (Å²) >= 11 is 0. The molecule has 128 valence electrons. The van der Waals surface area contributed by atoms with E-state index in [0.717, 1.165) is 16.9 Å². The molecule has 25 heavy (non-hydrogen) atoms. The minimum atomic E-state index is -0.0976. The van der Waals surface area contributed by atoms with Crippen molar-refractivity contribution in [3.8, 4) is 17.1 Å². The van der Waals surface area contributed by atoms with Crippen LogP contribution >= 0.6 is 0 Å². The molecule has 0 saturated heterocycles. The first kappa shape index (κ1) is 16.8. The predicted octanol–water partition coefficient (Wildman–Crippen LogP) is 3.52. The van der Waals surface area contributed by atoms with Gasteiger partial charge in [0.2, 0.25) is 5.91 Å². The standard InChI is InChI=1S/C20H20N2O3/c1-14-3-7-16(8-4-14)19-11-17(22-25-19)12-20(23)21-13-15-5-9-18(24-2)10-6-15/h3-11H,12-13H2,1-2H3,(H,21,23). The summed E-state index contributed by atoms with van der Waals surface area (Å²) in [7, 11) is 1.62. The van der Waals surface area contributed by atoms with Crippen molar-refractivity contribution in [3.05, 3.63) is 71.4 Å². The van der Waals surface area contributed by atoms with Gasteiger partial charge in [-0.3, -0.25) is 4.79 Å². The molecule has 5 nitrogen and oxygen atoms in total. The SMILES string of the molecule is COc1ccc(CNC(=O)Cc2cc(-c3ccc(C)cc3)on2)cc1. The summed E-state index contributed by atoms with van der Waals surface area (Å²) < 4.78 is 10.4. The van der Waals surface area contributed by atoms with Gasteiger partial charge in [-0.2, -0.15) is 0 Å². The molecule has 1 heterocycles. The molecule has 0 bridgehead atoms. The Hall–Kier alpha value is -3.08. The van der Waals surface area contributed by atoms with Crippen LogP contribution in [0.4, 0.5) is 0 Å². The number of benzene rings is 2. The van der Waals surface area contributed by atoms with E-state index in [-0.39, 0.29) is 12.3 Å². The molecule has 1 aromatic heterocycles. The molecule has 0 unspecified atom stereocenters. The summed E-state index contributed by atoms with van der Waals surface area (Å²) in [5, 5.41) is 6.86. The van der Waals surface area contributed by atoms with Crippen LogP contribution in [0.15, 0.2) is 59.1 Å². The van der Waals surface area contributed by atoms with Gasteiger partial charge in [-0.1, -0.05) is 47.1 Å². The highest BCUT2D eigenvalue weighted by atomic mass is 16.5. The van der Waals surface area contributed by atoms with E-state index in [1.807, 2.05) is 55.5 Å². The van der Waals surface area contributed by atoms with E-state index in [0.29, 0.717) is 18.0 Å². The normalized spacial score (nSPS) is 10.5. The van der Waals surface area contributed by atoms with Crippen molar-refractivity contribution in [1.29, 1.82) is 0 Å². The monoisotopic (exact) mass is 336 g/mol. The Morgan fingerprint density at radius 1 is 1.12 bits per heavy atom. The summed E-state index contributed by atoms with van der Waals surface area (Å²) in [6, 6.07) is 17.4. The van der Waals surface area contributed by atoms with Crippen molar-refractivity contribution >= 4 is 5.91 Å². The Bertz CT molecular complexity index is 836. The van der Waals surface area contributed by atoms with Gasteiger partial charge in [-0.05, 0) is 24.6 Å². The highest BCUT2D eigenvalue weighted by molar-refractivity contribution is 5.78. The summed E-state index contributed by atoms with van der Waals surface area (Å²) in [6.45, 7) is 2.49. The topological polar surface area (TPSA) is 64.4 Å². The van der Waals surface area contributed by atoms with E-state index >= 15 is 0 Å². The van der Waals surface area contributed by atoms with Gasteiger partial charge in [0.05, 0.1) is 19.2 Å². The lowest BCUT2D eigenvalue weighted by Crippen LogP contribution is -2.24. The highest BCUT2D eigenvalue weighted by Crippen LogP contribution is 2.21. The Kier molecular flexibility index (Phi) is 5.14. The second-order valence-electron chi connectivity index (χ2n) is 5.85. The number of nitrogens with one attached hydrogen (secondary N) is 1. The van der Waals surface area contributed by atoms with E-state index in [1.54, 1.807) is 13.2 Å². The van der Waals surface area contributed by atoms with Crippen LogP contribution in [0.3, 0.4) is 0 Å². The van der Waals surface area contributed by atoms with Crippen molar-refractivity contribution in [1.82, 2.24) is 10.5 Å². The first-order valence-electron chi connectivity index (χ1n) is 8.06. The molecule has 0 aliphatic carbocycles. The van der Waals surface area contributed by atoms with Gasteiger partial charge >= 0.3 is 0 Å². The second-order valence-corrected chi connectivity index (χ2v) is 5.85. The van der Waals surface area contributed by atoms with Crippen LogP contribution in [0.25, 0.3) is 11.3 Å². The summed E-state index contributed by atoms with van der Waals surface area (Å²) in [4.78, 5) is 12.1. The zero-order valence-electron chi connectivity index (χ0n) is 14.3. The van der Waals surface area contributed by atoms with Gasteiger partial charge in [0.25, 0.3) is 0 Å². The average Bonchev–Trinajstić information content (AvgIpc) is 3.09. The van der Waals surface area contributed by atoms with Gasteiger partial charge in [0.15, 0.2) is 5.76 Å². The molecule has 0 spiro atoms. The molecule has 1 N–H and O–H groups in total. The van der Waals surface area contributed by atoms with Gasteiger partial charge in [-0.15, -0.1) is 0 Å². The van der Waals surface area contributed by atoms with E-state index in [1.165, 1.54) is 5.56 Å². The molecule has 0 saturated carbocycles. The Morgan fingerprint density at radius 2 is 1.84 bits per heavy atom. The molecule has 0 aliphatic heterocycles. The molecule has 3 rings (SSSR count). The van der Waals surface area contributed by atoms with Crippen molar-refractivity contribution in [2.45, 2.75) is 19.9 Å². The first-order valence-corrected chi connectivity index (χ1v) is 8.06. The van der Waals surface area contributed by atoms with Gasteiger partial charge in [-0.25, -0.2) is 0 Å². The van der Waals surface area contributed by atoms with Crippen LogP contribution in [0.5, 0.6) is 5.75 Å². The summed E-state index contributed by atoms with van der Waals surface area (Å²) in [5.74, 6) is 1.36. The largest absolute Gasteiger partial charge is 0.497 e. The second kappa shape index (κ2) is 7.66. The summed E-state index contributed by atoms with van der Waals surface area (Å²) in [5.41, 5.74) is 3.75. The Morgan fingerprint density at radius 3 is 2.52 bits per heavy atom. The predicted molar refractivity (Wildman–Crippen MR) is 95.2 cm³/mol. The van der Waals surface area contributed by atoms with Crippen molar-refractivity contribution in [2.75, 3.05) is 7.11 Å². The molecule has 1 amide bonds. The molecule has 0 atom stereocenters. The number of carbonyl (C=O) groups excluding carboxylic acids is 1. The van der Waals surface area contributed by atoms with Crippen LogP contribution in [0.1, 0.15) is 16.8 Å². The van der Waals surface area contributed by atoms with Crippen LogP contribution in [-0.2, 0) is 17.8 Å². The molecule has 0 aliphatic rings. The van der Waals surface area contributed by atoms with Crippen molar-refractivity contribution < 1.29 is 14.1 Å². The lowest BCUT2D eigenvalue weighted by atomic mass is 10.1. The first-order chi connectivity index (χ1) is 12.1. The number of nitrogens with zero attached hydrogens (tertiary/aromatic N) is 1. The van der Waals surface area contributed by atoms with E-state index in [4.69, 9.17) is 9.26 Å². The minimum absolute atomic E-state index is 0.0976. The van der Waals surface area contributed by atoms with Gasteiger partial charge < -0.3 is 14.6 Å². The number of rotatable bonds is 6. The third kappa shape index (κ3) is 4.47. The zero-order chi connectivity index (χ0) is 17.6. The molecule has 2 aromatic carbocycles. The molecule has 0 radical (unpaired) electrons. The van der Waals surface area contributed by atoms with Crippen molar-refractivity contribution in [2.24, 2.45) is 0 Å². The fraction of sp³-hybridized carbons (Fsp3) is 0.200.